The minimum Gasteiger partial charge on any atom is -0.497 e. The van der Waals surface area contributed by atoms with Gasteiger partial charge in [0.1, 0.15) is 5.75 Å². The third-order valence-electron chi connectivity index (χ3n) is 4.15. The Kier molecular flexibility index (Phi) is 4.18. The molecule has 5 heteroatoms. The number of hydrogen-bond donors (Lipinski definition) is 0. The van der Waals surface area contributed by atoms with Gasteiger partial charge in [0.05, 0.1) is 31.8 Å². The average Bonchev–Trinajstić information content (AvgIpc) is 2.81. The van der Waals surface area contributed by atoms with Crippen LogP contribution in [0, 0.1) is 5.92 Å². The Hall–Kier alpha value is -1.85. The molecule has 1 aliphatic rings. The minimum absolute atomic E-state index is 0.0245. The summed E-state index contributed by atoms with van der Waals surface area (Å²) in [5.74, 6) is 0.854. The summed E-state index contributed by atoms with van der Waals surface area (Å²) in [6.45, 7) is 2.00. The van der Waals surface area contributed by atoms with E-state index in [0.29, 0.717) is 13.2 Å². The Labute approximate surface area is 130 Å². The van der Waals surface area contributed by atoms with E-state index in [0.717, 1.165) is 29.6 Å². The van der Waals surface area contributed by atoms with E-state index in [9.17, 15) is 4.79 Å². The molecule has 1 aromatic carbocycles. The van der Waals surface area contributed by atoms with Gasteiger partial charge in [0.2, 0.25) is 5.91 Å². The molecule has 2 heterocycles. The molecule has 0 spiro atoms. The van der Waals surface area contributed by atoms with Gasteiger partial charge in [-0.1, -0.05) is 0 Å². The number of carbonyl (C=O) groups excluding carboxylic acids is 1. The number of ether oxygens (including phenoxy) is 2. The summed E-state index contributed by atoms with van der Waals surface area (Å²) in [6.07, 6.45) is 2.89. The van der Waals surface area contributed by atoms with E-state index in [2.05, 4.69) is 19.0 Å². The van der Waals surface area contributed by atoms with Gasteiger partial charge in [-0.05, 0) is 38.2 Å². The largest absolute Gasteiger partial charge is 0.497 e. The molecule has 0 saturated carbocycles. The normalized spacial score (nSPS) is 15.3. The van der Waals surface area contributed by atoms with Crippen molar-refractivity contribution in [1.29, 1.82) is 0 Å². The lowest BCUT2D eigenvalue weighted by Crippen LogP contribution is -2.37. The third-order valence-corrected chi connectivity index (χ3v) is 4.15. The Bertz CT molecular complexity index is 687. The number of fused-ring (bicyclic) bond motifs is 1. The molecular weight excluding hydrogens is 280 g/mol. The third kappa shape index (κ3) is 2.74. The second-order valence-corrected chi connectivity index (χ2v) is 6.03. The van der Waals surface area contributed by atoms with Crippen LogP contribution in [-0.4, -0.2) is 56.3 Å². The van der Waals surface area contributed by atoms with Gasteiger partial charge in [0.25, 0.3) is 0 Å². The molecule has 0 atom stereocenters. The van der Waals surface area contributed by atoms with Crippen molar-refractivity contribution in [2.45, 2.75) is 6.42 Å². The van der Waals surface area contributed by atoms with Gasteiger partial charge in [-0.2, -0.15) is 0 Å². The molecule has 0 radical (unpaired) electrons. The van der Waals surface area contributed by atoms with Gasteiger partial charge in [-0.3, -0.25) is 9.36 Å². The minimum atomic E-state index is -0.0245. The molecule has 1 fully saturated rings. The number of carbonyl (C=O) groups is 1. The Balaban J connectivity index is 2.02. The molecule has 5 nitrogen and oxygen atoms in total. The van der Waals surface area contributed by atoms with Crippen molar-refractivity contribution in [2.75, 3.05) is 41.0 Å². The molecule has 0 unspecified atom stereocenters. The van der Waals surface area contributed by atoms with Crippen LogP contribution in [0.3, 0.4) is 0 Å². The Morgan fingerprint density at radius 2 is 2.18 bits per heavy atom. The molecular formula is C17H22N2O3. The smallest absolute Gasteiger partial charge is 0.238 e. The summed E-state index contributed by atoms with van der Waals surface area (Å²) in [4.78, 5) is 14.8. The maximum atomic E-state index is 12.6. The van der Waals surface area contributed by atoms with Crippen LogP contribution in [0.25, 0.3) is 10.9 Å². The van der Waals surface area contributed by atoms with Crippen molar-refractivity contribution >= 4 is 16.8 Å². The summed E-state index contributed by atoms with van der Waals surface area (Å²) in [5, 5.41) is 1.12. The van der Waals surface area contributed by atoms with E-state index in [1.807, 2.05) is 24.4 Å². The van der Waals surface area contributed by atoms with Crippen LogP contribution < -0.4 is 4.74 Å². The van der Waals surface area contributed by atoms with Gasteiger partial charge in [0, 0.05) is 24.2 Å². The standard InChI is InChI=1S/C17H22N2O3/c1-18(2)7-6-12-9-19(17(20)13-10-22-11-13)16-8-14(21-3)4-5-15(12)16/h4-5,8-9,13H,6-7,10-11H2,1-3H3. The fourth-order valence-corrected chi connectivity index (χ4v) is 2.70. The van der Waals surface area contributed by atoms with E-state index in [1.54, 1.807) is 11.7 Å². The number of benzene rings is 1. The predicted octanol–water partition coefficient (Wildman–Crippen LogP) is 2.04. The van der Waals surface area contributed by atoms with Crippen LogP contribution in [0.15, 0.2) is 24.4 Å². The van der Waals surface area contributed by atoms with E-state index >= 15 is 0 Å². The van der Waals surface area contributed by atoms with E-state index in [1.165, 1.54) is 5.56 Å². The zero-order valence-electron chi connectivity index (χ0n) is 13.3. The highest BCUT2D eigenvalue weighted by molar-refractivity contribution is 5.96. The first-order valence-corrected chi connectivity index (χ1v) is 7.55. The molecule has 0 aliphatic carbocycles. The van der Waals surface area contributed by atoms with Crippen LogP contribution in [0.2, 0.25) is 0 Å². The van der Waals surface area contributed by atoms with Crippen LogP contribution >= 0.6 is 0 Å². The maximum Gasteiger partial charge on any atom is 0.238 e. The van der Waals surface area contributed by atoms with Crippen molar-refractivity contribution in [3.8, 4) is 5.75 Å². The zero-order chi connectivity index (χ0) is 15.7. The van der Waals surface area contributed by atoms with E-state index in [4.69, 9.17) is 9.47 Å². The molecule has 2 aromatic rings. The molecule has 118 valence electrons. The van der Waals surface area contributed by atoms with Crippen molar-refractivity contribution in [1.82, 2.24) is 9.47 Å². The molecule has 3 rings (SSSR count). The van der Waals surface area contributed by atoms with Gasteiger partial charge in [-0.25, -0.2) is 0 Å². The first kappa shape index (κ1) is 15.1. The topological polar surface area (TPSA) is 43.7 Å². The zero-order valence-corrected chi connectivity index (χ0v) is 13.3. The number of nitrogens with zero attached hydrogens (tertiary/aromatic N) is 2. The lowest BCUT2D eigenvalue weighted by atomic mass is 10.1. The quantitative estimate of drug-likeness (QED) is 0.848. The average molecular weight is 302 g/mol. The van der Waals surface area contributed by atoms with Crippen molar-refractivity contribution in [2.24, 2.45) is 5.92 Å². The van der Waals surface area contributed by atoms with Crippen molar-refractivity contribution in [3.05, 3.63) is 30.0 Å². The summed E-state index contributed by atoms with van der Waals surface area (Å²) in [5.41, 5.74) is 2.12. The van der Waals surface area contributed by atoms with Crippen LogP contribution in [0.1, 0.15) is 10.4 Å². The van der Waals surface area contributed by atoms with Gasteiger partial charge < -0.3 is 14.4 Å². The van der Waals surface area contributed by atoms with Gasteiger partial charge in [0.15, 0.2) is 0 Å². The Morgan fingerprint density at radius 3 is 2.77 bits per heavy atom. The first-order chi connectivity index (χ1) is 10.6. The summed E-state index contributed by atoms with van der Waals surface area (Å²) < 4.78 is 12.2. The fourth-order valence-electron chi connectivity index (χ4n) is 2.70. The first-order valence-electron chi connectivity index (χ1n) is 7.55. The lowest BCUT2D eigenvalue weighted by molar-refractivity contribution is -0.0235. The lowest BCUT2D eigenvalue weighted by Gasteiger charge is -2.24. The number of aromatic nitrogens is 1. The molecule has 0 amide bonds. The Morgan fingerprint density at radius 1 is 1.41 bits per heavy atom. The molecule has 0 N–H and O–H groups in total. The number of likely N-dealkylation sites (N-methyl/N-ethyl adjacent to an activating group) is 1. The highest BCUT2D eigenvalue weighted by atomic mass is 16.5. The van der Waals surface area contributed by atoms with E-state index < -0.39 is 0 Å². The summed E-state index contributed by atoms with van der Waals surface area (Å²) in [7, 11) is 5.75. The summed E-state index contributed by atoms with van der Waals surface area (Å²) in [6, 6.07) is 5.93. The highest BCUT2D eigenvalue weighted by Crippen LogP contribution is 2.28. The molecule has 1 aliphatic heterocycles. The molecule has 1 saturated heterocycles. The monoisotopic (exact) mass is 302 g/mol. The molecule has 1 aromatic heterocycles. The van der Waals surface area contributed by atoms with Crippen molar-refractivity contribution < 1.29 is 14.3 Å². The fraction of sp³-hybridized carbons (Fsp3) is 0.471. The van der Waals surface area contributed by atoms with Crippen LogP contribution in [0.4, 0.5) is 0 Å². The molecule has 0 bridgehead atoms. The second-order valence-electron chi connectivity index (χ2n) is 6.03. The van der Waals surface area contributed by atoms with Gasteiger partial charge >= 0.3 is 0 Å². The predicted molar refractivity (Wildman–Crippen MR) is 85.7 cm³/mol. The number of hydrogen-bond acceptors (Lipinski definition) is 4. The van der Waals surface area contributed by atoms with Crippen LogP contribution in [0.5, 0.6) is 5.75 Å². The number of rotatable bonds is 5. The van der Waals surface area contributed by atoms with Crippen molar-refractivity contribution in [3.63, 3.8) is 0 Å². The summed E-state index contributed by atoms with van der Waals surface area (Å²) >= 11 is 0. The maximum absolute atomic E-state index is 12.6. The number of methoxy groups -OCH3 is 1. The van der Waals surface area contributed by atoms with Crippen LogP contribution in [-0.2, 0) is 11.2 Å². The second kappa shape index (κ2) is 6.10. The SMILES string of the molecule is COc1ccc2c(CCN(C)C)cn(C(=O)C3COC3)c2c1. The highest BCUT2D eigenvalue weighted by Gasteiger charge is 2.29. The van der Waals surface area contributed by atoms with Gasteiger partial charge in [-0.15, -0.1) is 0 Å². The van der Waals surface area contributed by atoms with E-state index in [-0.39, 0.29) is 11.8 Å². The molecule has 22 heavy (non-hydrogen) atoms.